The van der Waals surface area contributed by atoms with Crippen molar-refractivity contribution in [1.82, 2.24) is 10.2 Å². The van der Waals surface area contributed by atoms with Crippen LogP contribution in [-0.4, -0.2) is 54.8 Å². The Bertz CT molecular complexity index is 1220. The molecule has 3 aromatic carbocycles. The summed E-state index contributed by atoms with van der Waals surface area (Å²) in [5.41, 5.74) is 6.84. The molecule has 4 aliphatic rings. The van der Waals surface area contributed by atoms with E-state index in [2.05, 4.69) is 75.8 Å². The molecule has 3 fully saturated rings. The number of nitrogens with zero attached hydrogens (tertiary/aromatic N) is 2. The second-order valence-corrected chi connectivity index (χ2v) is 12.3. The molecule has 0 aromatic heterocycles. The van der Waals surface area contributed by atoms with Gasteiger partial charge in [-0.2, -0.15) is 0 Å². The number of phenolic OH excluding ortho intramolecular Hbond substituents is 1. The summed E-state index contributed by atoms with van der Waals surface area (Å²) in [5.74, 6) is 1.99. The van der Waals surface area contributed by atoms with Gasteiger partial charge in [-0.05, 0) is 96.9 Å². The van der Waals surface area contributed by atoms with Crippen LogP contribution in [0, 0.1) is 5.92 Å². The molecule has 0 saturated carbocycles. The molecule has 0 amide bonds. The molecule has 198 valence electrons. The van der Waals surface area contributed by atoms with Gasteiger partial charge in [0.25, 0.3) is 0 Å². The Kier molecular flexibility index (Phi) is 6.63. The molecule has 4 heteroatoms. The Morgan fingerprint density at radius 1 is 0.763 bits per heavy atom. The molecule has 1 aliphatic carbocycles. The van der Waals surface area contributed by atoms with E-state index in [0.29, 0.717) is 17.6 Å². The number of piperazine rings is 1. The highest BCUT2D eigenvalue weighted by Gasteiger charge is 2.34. The first-order valence-electron chi connectivity index (χ1n) is 14.9. The van der Waals surface area contributed by atoms with Crippen molar-refractivity contribution >= 4 is 5.69 Å². The maximum absolute atomic E-state index is 10.1. The summed E-state index contributed by atoms with van der Waals surface area (Å²) < 4.78 is 0. The molecule has 2 bridgehead atoms. The number of nitrogens with one attached hydrogen (secondary N) is 1. The zero-order chi connectivity index (χ0) is 25.5. The van der Waals surface area contributed by atoms with Gasteiger partial charge in [0.05, 0.1) is 0 Å². The summed E-state index contributed by atoms with van der Waals surface area (Å²) in [4.78, 5) is 5.35. The monoisotopic (exact) mass is 507 g/mol. The number of phenols is 1. The predicted molar refractivity (Wildman–Crippen MR) is 155 cm³/mol. The Hall–Kier alpha value is -2.82. The van der Waals surface area contributed by atoms with Crippen molar-refractivity contribution in [1.29, 1.82) is 0 Å². The lowest BCUT2D eigenvalue weighted by molar-refractivity contribution is 0.159. The van der Waals surface area contributed by atoms with Crippen LogP contribution in [-0.2, 0) is 6.42 Å². The zero-order valence-corrected chi connectivity index (χ0v) is 22.4. The van der Waals surface area contributed by atoms with Crippen LogP contribution in [0.4, 0.5) is 5.69 Å². The average Bonchev–Trinajstić information content (AvgIpc) is 3.31. The number of piperidine rings is 1. The normalized spacial score (nSPS) is 27.8. The molecule has 7 rings (SSSR count). The fourth-order valence-corrected chi connectivity index (χ4v) is 7.95. The van der Waals surface area contributed by atoms with Gasteiger partial charge in [0.1, 0.15) is 5.75 Å². The van der Waals surface area contributed by atoms with Crippen LogP contribution in [0.2, 0.25) is 0 Å². The second kappa shape index (κ2) is 10.4. The molecule has 4 nitrogen and oxygen atoms in total. The summed E-state index contributed by atoms with van der Waals surface area (Å²) in [6, 6.07) is 28.0. The van der Waals surface area contributed by atoms with Crippen molar-refractivity contribution in [2.24, 2.45) is 5.92 Å². The van der Waals surface area contributed by atoms with E-state index < -0.39 is 0 Å². The topological polar surface area (TPSA) is 38.7 Å². The third kappa shape index (κ3) is 4.85. The average molecular weight is 508 g/mol. The Morgan fingerprint density at radius 3 is 2.24 bits per heavy atom. The van der Waals surface area contributed by atoms with Crippen LogP contribution in [0.25, 0.3) is 0 Å². The first-order chi connectivity index (χ1) is 18.7. The van der Waals surface area contributed by atoms with E-state index in [9.17, 15) is 5.11 Å². The first-order valence-corrected chi connectivity index (χ1v) is 14.9. The van der Waals surface area contributed by atoms with E-state index >= 15 is 0 Å². The summed E-state index contributed by atoms with van der Waals surface area (Å²) in [5, 5.41) is 13.9. The van der Waals surface area contributed by atoms with Crippen molar-refractivity contribution in [2.75, 3.05) is 37.6 Å². The van der Waals surface area contributed by atoms with Crippen LogP contribution >= 0.6 is 0 Å². The molecular weight excluding hydrogens is 466 g/mol. The summed E-state index contributed by atoms with van der Waals surface area (Å²) in [7, 11) is 0. The molecule has 3 aliphatic heterocycles. The molecule has 0 spiro atoms. The van der Waals surface area contributed by atoms with Crippen LogP contribution in [0.5, 0.6) is 5.75 Å². The Labute approximate surface area is 227 Å². The van der Waals surface area contributed by atoms with Gasteiger partial charge < -0.3 is 15.3 Å². The van der Waals surface area contributed by atoms with E-state index in [0.717, 1.165) is 30.8 Å². The summed E-state index contributed by atoms with van der Waals surface area (Å²) in [6.07, 6.45) is 7.47. The van der Waals surface area contributed by atoms with E-state index in [-0.39, 0.29) is 0 Å². The lowest BCUT2D eigenvalue weighted by atomic mass is 9.69. The first kappa shape index (κ1) is 24.2. The molecule has 0 radical (unpaired) electrons. The lowest BCUT2D eigenvalue weighted by Gasteiger charge is -2.39. The second-order valence-electron chi connectivity index (χ2n) is 12.3. The number of likely N-dealkylation sites (tertiary alicyclic amines) is 1. The molecule has 2 N–H and O–H groups in total. The zero-order valence-electron chi connectivity index (χ0n) is 22.4. The van der Waals surface area contributed by atoms with Crippen molar-refractivity contribution < 1.29 is 5.11 Å². The number of aromatic hydroxyl groups is 1. The highest BCUT2D eigenvalue weighted by atomic mass is 16.3. The maximum Gasteiger partial charge on any atom is 0.115 e. The minimum atomic E-state index is 0.316. The number of aryl methyl sites for hydroxylation is 1. The molecule has 2 unspecified atom stereocenters. The predicted octanol–water partition coefficient (Wildman–Crippen LogP) is 5.91. The largest absolute Gasteiger partial charge is 0.508 e. The number of rotatable bonds is 5. The summed E-state index contributed by atoms with van der Waals surface area (Å²) in [6.45, 7) is 6.14. The number of fused-ring (bicyclic) bond motifs is 3. The third-order valence-corrected chi connectivity index (χ3v) is 9.86. The quantitative estimate of drug-likeness (QED) is 0.451. The minimum absolute atomic E-state index is 0.316. The van der Waals surface area contributed by atoms with Crippen LogP contribution in [0.15, 0.2) is 72.8 Å². The fourth-order valence-electron chi connectivity index (χ4n) is 7.95. The number of anilines is 1. The van der Waals surface area contributed by atoms with Gasteiger partial charge in [-0.15, -0.1) is 0 Å². The van der Waals surface area contributed by atoms with Gasteiger partial charge in [0.2, 0.25) is 0 Å². The molecule has 38 heavy (non-hydrogen) atoms. The van der Waals surface area contributed by atoms with E-state index in [4.69, 9.17) is 0 Å². The molecule has 3 saturated heterocycles. The van der Waals surface area contributed by atoms with Gasteiger partial charge in [0, 0.05) is 56.4 Å². The van der Waals surface area contributed by atoms with Gasteiger partial charge in [-0.3, -0.25) is 4.90 Å². The van der Waals surface area contributed by atoms with Crippen molar-refractivity contribution in [2.45, 2.75) is 62.4 Å². The highest BCUT2D eigenvalue weighted by molar-refractivity contribution is 5.52. The Balaban J connectivity index is 1.05. The number of hydrogen-bond donors (Lipinski definition) is 2. The van der Waals surface area contributed by atoms with Gasteiger partial charge >= 0.3 is 0 Å². The number of hydrogen-bond acceptors (Lipinski definition) is 4. The van der Waals surface area contributed by atoms with E-state index in [1.807, 2.05) is 12.1 Å². The molecule has 3 heterocycles. The van der Waals surface area contributed by atoms with Crippen LogP contribution < -0.4 is 10.2 Å². The number of benzene rings is 3. The highest BCUT2D eigenvalue weighted by Crippen LogP contribution is 2.47. The Morgan fingerprint density at radius 2 is 1.50 bits per heavy atom. The molecule has 3 aromatic rings. The summed E-state index contributed by atoms with van der Waals surface area (Å²) >= 11 is 0. The molecule has 4 atom stereocenters. The van der Waals surface area contributed by atoms with E-state index in [1.165, 1.54) is 86.3 Å². The maximum atomic E-state index is 10.1. The lowest BCUT2D eigenvalue weighted by Crippen LogP contribution is -2.52. The SMILES string of the molecule is Oc1ccc2c(c1)CC[C@H](c1ccccc1)[C@@H]2c1ccc(N2CCC(CN3CC4CCC(C3)N4)CC2)cc1. The van der Waals surface area contributed by atoms with Crippen LogP contribution in [0.3, 0.4) is 0 Å². The van der Waals surface area contributed by atoms with Gasteiger partial charge in [-0.1, -0.05) is 48.5 Å². The van der Waals surface area contributed by atoms with Crippen molar-refractivity contribution in [3.05, 3.63) is 95.1 Å². The molecular formula is C34H41N3O. The minimum Gasteiger partial charge on any atom is -0.508 e. The van der Waals surface area contributed by atoms with E-state index in [1.54, 1.807) is 0 Å². The van der Waals surface area contributed by atoms with Gasteiger partial charge in [-0.25, -0.2) is 0 Å². The van der Waals surface area contributed by atoms with Crippen molar-refractivity contribution in [3.8, 4) is 5.75 Å². The third-order valence-electron chi connectivity index (χ3n) is 9.86. The van der Waals surface area contributed by atoms with Gasteiger partial charge in [0.15, 0.2) is 0 Å². The van der Waals surface area contributed by atoms with Crippen LogP contribution in [0.1, 0.15) is 66.2 Å². The fraction of sp³-hybridized carbons (Fsp3) is 0.471. The van der Waals surface area contributed by atoms with Crippen molar-refractivity contribution in [3.63, 3.8) is 0 Å². The smallest absolute Gasteiger partial charge is 0.115 e. The standard InChI is InChI=1S/C34H41N3O/c38-31-13-15-33-27(20-31)8-14-32(25-4-2-1-3-5-25)34(33)26-6-11-30(12-7-26)37-18-16-24(17-19-37)21-36-22-28-9-10-29(23-36)35-28/h1-7,11-13,15,20,24,28-29,32,34-35,38H,8-10,14,16-19,21-23H2/t28?,29?,32-,34+/m1/s1.